The molecule has 96 valence electrons. The van der Waals surface area contributed by atoms with E-state index in [9.17, 15) is 13.2 Å². The summed E-state index contributed by atoms with van der Waals surface area (Å²) in [6.45, 7) is 1.89. The van der Waals surface area contributed by atoms with E-state index in [1.54, 1.807) is 24.3 Å². The molecule has 0 N–H and O–H groups in total. The van der Waals surface area contributed by atoms with Gasteiger partial charge < -0.3 is 0 Å². The van der Waals surface area contributed by atoms with E-state index in [1.165, 1.54) is 16.4 Å². The molecule has 1 heterocycles. The van der Waals surface area contributed by atoms with E-state index in [0.717, 1.165) is 6.07 Å². The summed E-state index contributed by atoms with van der Waals surface area (Å²) >= 11 is 1.33. The fraction of sp³-hybridized carbons (Fsp3) is 0.250. The highest BCUT2D eigenvalue weighted by molar-refractivity contribution is 7.99. The average Bonchev–Trinajstić information content (AvgIpc) is 2.75. The lowest BCUT2D eigenvalue weighted by Gasteiger charge is -2.05. The Morgan fingerprint density at radius 2 is 1.89 bits per heavy atom. The molecule has 2 aromatic rings. The number of rotatable bonds is 3. The van der Waals surface area contributed by atoms with Gasteiger partial charge >= 0.3 is 6.18 Å². The Morgan fingerprint density at radius 3 is 2.44 bits per heavy atom. The predicted octanol–water partition coefficient (Wildman–Crippen LogP) is 4.00. The molecule has 6 heteroatoms. The van der Waals surface area contributed by atoms with Crippen molar-refractivity contribution in [1.29, 1.82) is 0 Å². The van der Waals surface area contributed by atoms with Gasteiger partial charge in [0.25, 0.3) is 0 Å². The van der Waals surface area contributed by atoms with Gasteiger partial charge in [-0.25, -0.2) is 4.68 Å². The van der Waals surface area contributed by atoms with E-state index in [4.69, 9.17) is 0 Å². The van der Waals surface area contributed by atoms with Crippen LogP contribution in [0.5, 0.6) is 0 Å². The molecular formula is C12H11F3N2S. The molecule has 0 radical (unpaired) electrons. The summed E-state index contributed by atoms with van der Waals surface area (Å²) < 4.78 is 39.3. The minimum Gasteiger partial charge on any atom is -0.227 e. The predicted molar refractivity (Wildman–Crippen MR) is 65.0 cm³/mol. The van der Waals surface area contributed by atoms with E-state index in [-0.39, 0.29) is 0 Å². The Labute approximate surface area is 107 Å². The number of alkyl halides is 3. The summed E-state index contributed by atoms with van der Waals surface area (Å²) in [4.78, 5) is 0. The van der Waals surface area contributed by atoms with Gasteiger partial charge in [-0.1, -0.05) is 25.1 Å². The molecule has 0 aliphatic heterocycles. The minimum absolute atomic E-state index is 0.496. The van der Waals surface area contributed by atoms with Crippen molar-refractivity contribution in [3.63, 3.8) is 0 Å². The zero-order valence-electron chi connectivity index (χ0n) is 9.61. The number of thioether (sulfide) groups is 1. The summed E-state index contributed by atoms with van der Waals surface area (Å²) in [5.74, 6) is 0.690. The van der Waals surface area contributed by atoms with Crippen LogP contribution in [0.4, 0.5) is 13.2 Å². The van der Waals surface area contributed by atoms with Crippen LogP contribution in [0.2, 0.25) is 0 Å². The van der Waals surface area contributed by atoms with Gasteiger partial charge in [0.05, 0.1) is 5.69 Å². The maximum absolute atomic E-state index is 12.7. The third-order valence-corrected chi connectivity index (χ3v) is 3.14. The number of hydrogen-bond acceptors (Lipinski definition) is 2. The van der Waals surface area contributed by atoms with Crippen LogP contribution in [0.1, 0.15) is 12.6 Å². The van der Waals surface area contributed by atoms with E-state index < -0.39 is 11.9 Å². The topological polar surface area (TPSA) is 17.8 Å². The fourth-order valence-electron chi connectivity index (χ4n) is 1.51. The molecule has 1 aromatic carbocycles. The zero-order chi connectivity index (χ0) is 13.2. The Morgan fingerprint density at radius 1 is 1.22 bits per heavy atom. The first-order valence-corrected chi connectivity index (χ1v) is 6.36. The lowest BCUT2D eigenvalue weighted by atomic mass is 10.3. The summed E-state index contributed by atoms with van der Waals surface area (Å²) in [5.41, 5.74) is -0.230. The van der Waals surface area contributed by atoms with Gasteiger partial charge in [0, 0.05) is 6.07 Å². The summed E-state index contributed by atoms with van der Waals surface area (Å²) in [7, 11) is 0. The Bertz CT molecular complexity index is 520. The molecule has 2 rings (SSSR count). The van der Waals surface area contributed by atoms with Gasteiger partial charge in [-0.05, 0) is 17.9 Å². The van der Waals surface area contributed by atoms with Crippen molar-refractivity contribution in [3.8, 4) is 5.69 Å². The second-order valence-corrected chi connectivity index (χ2v) is 4.83. The van der Waals surface area contributed by atoms with Crippen molar-refractivity contribution in [2.45, 2.75) is 18.1 Å². The summed E-state index contributed by atoms with van der Waals surface area (Å²) in [6.07, 6.45) is -4.41. The molecule has 0 atom stereocenters. The average molecular weight is 272 g/mol. The highest BCUT2D eigenvalue weighted by Gasteiger charge is 2.35. The molecule has 0 aliphatic carbocycles. The molecule has 0 unspecified atom stereocenters. The molecule has 18 heavy (non-hydrogen) atoms. The third-order valence-electron chi connectivity index (χ3n) is 2.26. The van der Waals surface area contributed by atoms with Crippen molar-refractivity contribution >= 4 is 11.8 Å². The molecule has 0 aliphatic rings. The minimum atomic E-state index is -4.41. The van der Waals surface area contributed by atoms with Crippen LogP contribution in [-0.4, -0.2) is 15.5 Å². The maximum Gasteiger partial charge on any atom is 0.435 e. The van der Waals surface area contributed by atoms with Gasteiger partial charge in [0.15, 0.2) is 5.69 Å². The highest BCUT2D eigenvalue weighted by Crippen LogP contribution is 2.32. The van der Waals surface area contributed by atoms with Crippen LogP contribution in [0.15, 0.2) is 41.4 Å². The van der Waals surface area contributed by atoms with Crippen LogP contribution in [0, 0.1) is 0 Å². The zero-order valence-corrected chi connectivity index (χ0v) is 10.4. The normalized spacial score (nSPS) is 11.8. The van der Waals surface area contributed by atoms with Crippen LogP contribution in [-0.2, 0) is 6.18 Å². The number of benzene rings is 1. The Balaban J connectivity index is 2.49. The molecule has 0 saturated carbocycles. The summed E-state index contributed by atoms with van der Waals surface area (Å²) in [5, 5.41) is 4.14. The molecule has 0 spiro atoms. The first-order chi connectivity index (χ1) is 8.52. The van der Waals surface area contributed by atoms with Crippen molar-refractivity contribution in [1.82, 2.24) is 9.78 Å². The molecule has 1 aromatic heterocycles. The SMILES string of the molecule is CCSc1cc(C(F)(F)F)nn1-c1ccccc1. The molecular weight excluding hydrogens is 261 g/mol. The molecule has 0 saturated heterocycles. The van der Waals surface area contributed by atoms with Crippen LogP contribution in [0.3, 0.4) is 0 Å². The summed E-state index contributed by atoms with van der Waals surface area (Å²) in [6, 6.07) is 9.89. The van der Waals surface area contributed by atoms with Gasteiger partial charge in [-0.15, -0.1) is 11.8 Å². The second kappa shape index (κ2) is 5.06. The number of nitrogens with zero attached hydrogens (tertiary/aromatic N) is 2. The number of hydrogen-bond donors (Lipinski definition) is 0. The van der Waals surface area contributed by atoms with E-state index in [0.29, 0.717) is 16.5 Å². The third kappa shape index (κ3) is 2.69. The number of para-hydroxylation sites is 1. The number of halogens is 3. The van der Waals surface area contributed by atoms with Crippen LogP contribution < -0.4 is 0 Å². The monoisotopic (exact) mass is 272 g/mol. The van der Waals surface area contributed by atoms with Crippen molar-refractivity contribution in [2.24, 2.45) is 0 Å². The van der Waals surface area contributed by atoms with E-state index >= 15 is 0 Å². The smallest absolute Gasteiger partial charge is 0.227 e. The Kier molecular flexibility index (Phi) is 3.65. The lowest BCUT2D eigenvalue weighted by molar-refractivity contribution is -0.141. The quantitative estimate of drug-likeness (QED) is 0.786. The second-order valence-electron chi connectivity index (χ2n) is 3.55. The molecule has 0 amide bonds. The van der Waals surface area contributed by atoms with Crippen molar-refractivity contribution < 1.29 is 13.2 Å². The maximum atomic E-state index is 12.7. The lowest BCUT2D eigenvalue weighted by Crippen LogP contribution is -2.07. The van der Waals surface area contributed by atoms with Crippen molar-refractivity contribution in [3.05, 3.63) is 42.1 Å². The van der Waals surface area contributed by atoms with E-state index in [1.807, 2.05) is 13.0 Å². The first-order valence-electron chi connectivity index (χ1n) is 5.38. The van der Waals surface area contributed by atoms with Gasteiger partial charge in [0.2, 0.25) is 0 Å². The van der Waals surface area contributed by atoms with Crippen LogP contribution in [0.25, 0.3) is 5.69 Å². The van der Waals surface area contributed by atoms with Crippen molar-refractivity contribution in [2.75, 3.05) is 5.75 Å². The first kappa shape index (κ1) is 13.0. The molecule has 2 nitrogen and oxygen atoms in total. The van der Waals surface area contributed by atoms with Crippen LogP contribution >= 0.6 is 11.8 Å². The van der Waals surface area contributed by atoms with Gasteiger partial charge in [-0.3, -0.25) is 0 Å². The molecule has 0 fully saturated rings. The fourth-order valence-corrected chi connectivity index (χ4v) is 2.27. The largest absolute Gasteiger partial charge is 0.435 e. The Hall–Kier alpha value is -1.43. The highest BCUT2D eigenvalue weighted by atomic mass is 32.2. The molecule has 0 bridgehead atoms. The number of aromatic nitrogens is 2. The van der Waals surface area contributed by atoms with E-state index in [2.05, 4.69) is 5.10 Å². The standard InChI is InChI=1S/C12H11F3N2S/c1-2-18-11-8-10(12(13,14)15)16-17(11)9-6-4-3-5-7-9/h3-8H,2H2,1H3. The van der Waals surface area contributed by atoms with Gasteiger partial charge in [0.1, 0.15) is 5.03 Å². The van der Waals surface area contributed by atoms with Gasteiger partial charge in [-0.2, -0.15) is 18.3 Å².